The van der Waals surface area contributed by atoms with Crippen LogP contribution in [0.5, 0.6) is 0 Å². The topological polar surface area (TPSA) is 93.5 Å². The summed E-state index contributed by atoms with van der Waals surface area (Å²) in [5, 5.41) is 16.3. The first-order valence-electron chi connectivity index (χ1n) is 7.93. The van der Waals surface area contributed by atoms with Gasteiger partial charge in [-0.05, 0) is 39.5 Å². The number of hydrogen-bond donors (Lipinski definition) is 2. The zero-order chi connectivity index (χ0) is 17.0. The molecular weight excluding hydrogens is 298 g/mol. The van der Waals surface area contributed by atoms with Crippen molar-refractivity contribution in [1.29, 1.82) is 0 Å². The number of carbonyl (C=O) groups excluding carboxylic acids is 1. The quantitative estimate of drug-likeness (QED) is 0.856. The number of nitrogens with one attached hydrogen (secondary N) is 1. The maximum Gasteiger partial charge on any atom is 0.308 e. The van der Waals surface area contributed by atoms with Crippen molar-refractivity contribution in [2.24, 2.45) is 11.8 Å². The number of carboxylic acids is 1. The molecule has 2 rings (SSSR count). The van der Waals surface area contributed by atoms with Gasteiger partial charge >= 0.3 is 5.97 Å². The average Bonchev–Trinajstić information content (AvgIpc) is 2.98. The second-order valence-corrected chi connectivity index (χ2v) is 6.95. The first-order valence-corrected chi connectivity index (χ1v) is 7.93. The fourth-order valence-electron chi connectivity index (χ4n) is 2.69. The molecule has 1 aromatic heterocycles. The van der Waals surface area contributed by atoms with Crippen LogP contribution in [0.3, 0.4) is 0 Å². The smallest absolute Gasteiger partial charge is 0.308 e. The molecule has 7 heteroatoms. The second-order valence-electron chi connectivity index (χ2n) is 6.95. The van der Waals surface area contributed by atoms with Gasteiger partial charge in [-0.2, -0.15) is 5.10 Å². The van der Waals surface area contributed by atoms with E-state index in [1.165, 1.54) is 6.20 Å². The standard InChI is InChI=1S/C16H25N3O4/c1-16(2,3)19-10-12(8-18-19)14(20)17-9-13(15(21)22)11-4-6-23-7-5-11/h8,10-11,13H,4-7,9H2,1-3H3,(H,17,20)(H,21,22). The minimum absolute atomic E-state index is 0.0406. The van der Waals surface area contributed by atoms with E-state index in [2.05, 4.69) is 10.4 Å². The molecule has 0 saturated carbocycles. The van der Waals surface area contributed by atoms with Crippen LogP contribution < -0.4 is 5.32 Å². The summed E-state index contributed by atoms with van der Waals surface area (Å²) in [5.74, 6) is -1.71. The second kappa shape index (κ2) is 7.12. The van der Waals surface area contributed by atoms with Crippen molar-refractivity contribution in [3.8, 4) is 0 Å². The van der Waals surface area contributed by atoms with Crippen molar-refractivity contribution >= 4 is 11.9 Å². The van der Waals surface area contributed by atoms with Gasteiger partial charge in [-0.3, -0.25) is 14.3 Å². The van der Waals surface area contributed by atoms with Gasteiger partial charge in [0.25, 0.3) is 5.91 Å². The predicted molar refractivity (Wildman–Crippen MR) is 84.2 cm³/mol. The summed E-state index contributed by atoms with van der Waals surface area (Å²) in [6.07, 6.45) is 4.62. The molecule has 1 unspecified atom stereocenters. The number of aromatic nitrogens is 2. The van der Waals surface area contributed by atoms with Gasteiger partial charge in [-0.1, -0.05) is 0 Å². The van der Waals surface area contributed by atoms with Crippen molar-refractivity contribution < 1.29 is 19.4 Å². The predicted octanol–water partition coefficient (Wildman–Crippen LogP) is 1.50. The zero-order valence-corrected chi connectivity index (χ0v) is 13.9. The van der Waals surface area contributed by atoms with Crippen molar-refractivity contribution in [2.45, 2.75) is 39.2 Å². The van der Waals surface area contributed by atoms with E-state index in [1.807, 2.05) is 20.8 Å². The molecule has 2 heterocycles. The molecule has 7 nitrogen and oxygen atoms in total. The van der Waals surface area contributed by atoms with Crippen LogP contribution in [0.15, 0.2) is 12.4 Å². The van der Waals surface area contributed by atoms with Crippen LogP contribution in [-0.4, -0.2) is 46.5 Å². The van der Waals surface area contributed by atoms with E-state index in [0.717, 1.165) is 12.8 Å². The Bertz CT molecular complexity index is 556. The Morgan fingerprint density at radius 3 is 2.61 bits per heavy atom. The van der Waals surface area contributed by atoms with Gasteiger partial charge in [0.2, 0.25) is 0 Å². The molecule has 0 bridgehead atoms. The van der Waals surface area contributed by atoms with Crippen LogP contribution in [0.4, 0.5) is 0 Å². The number of hydrogen-bond acceptors (Lipinski definition) is 4. The third-order valence-corrected chi connectivity index (χ3v) is 4.17. The van der Waals surface area contributed by atoms with Gasteiger partial charge in [0.05, 0.1) is 23.2 Å². The Kier molecular flexibility index (Phi) is 5.41. The highest BCUT2D eigenvalue weighted by Crippen LogP contribution is 2.24. The number of ether oxygens (including phenoxy) is 1. The van der Waals surface area contributed by atoms with Crippen molar-refractivity contribution in [3.63, 3.8) is 0 Å². The molecule has 23 heavy (non-hydrogen) atoms. The maximum absolute atomic E-state index is 12.2. The summed E-state index contributed by atoms with van der Waals surface area (Å²) in [4.78, 5) is 23.7. The SMILES string of the molecule is CC(C)(C)n1cc(C(=O)NCC(C(=O)O)C2CCOCC2)cn1. The lowest BCUT2D eigenvalue weighted by Crippen LogP contribution is -2.38. The number of aliphatic carboxylic acids is 1. The van der Waals surface area contributed by atoms with E-state index in [1.54, 1.807) is 10.9 Å². The van der Waals surface area contributed by atoms with E-state index >= 15 is 0 Å². The minimum Gasteiger partial charge on any atom is -0.481 e. The maximum atomic E-state index is 12.2. The summed E-state index contributed by atoms with van der Waals surface area (Å²) in [6.45, 7) is 7.27. The van der Waals surface area contributed by atoms with E-state index in [0.29, 0.717) is 18.8 Å². The van der Waals surface area contributed by atoms with E-state index in [9.17, 15) is 14.7 Å². The van der Waals surface area contributed by atoms with Crippen LogP contribution in [0.2, 0.25) is 0 Å². The number of carboxylic acid groups (broad SMARTS) is 1. The summed E-state index contributed by atoms with van der Waals surface area (Å²) in [7, 11) is 0. The van der Waals surface area contributed by atoms with Crippen LogP contribution in [0.25, 0.3) is 0 Å². The van der Waals surface area contributed by atoms with Gasteiger partial charge in [0, 0.05) is 26.0 Å². The van der Waals surface area contributed by atoms with Crippen LogP contribution in [0, 0.1) is 11.8 Å². The van der Waals surface area contributed by atoms with Gasteiger partial charge < -0.3 is 15.2 Å². The molecule has 128 valence electrons. The van der Waals surface area contributed by atoms with Crippen molar-refractivity contribution in [3.05, 3.63) is 18.0 Å². The normalized spacial score (nSPS) is 17.7. The Hall–Kier alpha value is -1.89. The van der Waals surface area contributed by atoms with Crippen molar-refractivity contribution in [1.82, 2.24) is 15.1 Å². The highest BCUT2D eigenvalue weighted by Gasteiger charge is 2.30. The van der Waals surface area contributed by atoms with Gasteiger partial charge in [-0.15, -0.1) is 0 Å². The molecule has 0 spiro atoms. The molecule has 1 fully saturated rings. The van der Waals surface area contributed by atoms with Gasteiger partial charge in [0.1, 0.15) is 0 Å². The average molecular weight is 323 g/mol. The third-order valence-electron chi connectivity index (χ3n) is 4.17. The Balaban J connectivity index is 1.96. The molecule has 1 aliphatic heterocycles. The molecule has 0 aromatic carbocycles. The van der Waals surface area contributed by atoms with E-state index < -0.39 is 11.9 Å². The number of nitrogens with zero attached hydrogens (tertiary/aromatic N) is 2. The first-order chi connectivity index (χ1) is 10.8. The van der Waals surface area contributed by atoms with Gasteiger partial charge in [-0.25, -0.2) is 0 Å². The highest BCUT2D eigenvalue weighted by atomic mass is 16.5. The number of carbonyl (C=O) groups is 2. The van der Waals surface area contributed by atoms with Gasteiger partial charge in [0.15, 0.2) is 0 Å². The summed E-state index contributed by atoms with van der Waals surface area (Å²) in [5.41, 5.74) is 0.237. The fourth-order valence-corrected chi connectivity index (χ4v) is 2.69. The molecule has 1 atom stereocenters. The largest absolute Gasteiger partial charge is 0.481 e. The molecular formula is C16H25N3O4. The van der Waals surface area contributed by atoms with Crippen LogP contribution in [-0.2, 0) is 15.1 Å². The first kappa shape index (κ1) is 17.5. The molecule has 1 amide bonds. The zero-order valence-electron chi connectivity index (χ0n) is 13.9. The molecule has 1 aromatic rings. The van der Waals surface area contributed by atoms with E-state index in [4.69, 9.17) is 4.74 Å². The minimum atomic E-state index is -0.873. The molecule has 1 saturated heterocycles. The molecule has 1 aliphatic rings. The van der Waals surface area contributed by atoms with Crippen molar-refractivity contribution in [2.75, 3.05) is 19.8 Å². The highest BCUT2D eigenvalue weighted by molar-refractivity contribution is 5.93. The Morgan fingerprint density at radius 1 is 1.43 bits per heavy atom. The molecule has 2 N–H and O–H groups in total. The summed E-state index contributed by atoms with van der Waals surface area (Å²) < 4.78 is 6.99. The summed E-state index contributed by atoms with van der Waals surface area (Å²) in [6, 6.07) is 0. The fraction of sp³-hybridized carbons (Fsp3) is 0.688. The lowest BCUT2D eigenvalue weighted by molar-refractivity contribution is -0.144. The lowest BCUT2D eigenvalue weighted by Gasteiger charge is -2.27. The molecule has 0 radical (unpaired) electrons. The Labute approximate surface area is 136 Å². The Morgan fingerprint density at radius 2 is 2.09 bits per heavy atom. The number of amides is 1. The van der Waals surface area contributed by atoms with E-state index in [-0.39, 0.29) is 23.9 Å². The molecule has 0 aliphatic carbocycles. The van der Waals surface area contributed by atoms with Crippen LogP contribution >= 0.6 is 0 Å². The number of rotatable bonds is 5. The van der Waals surface area contributed by atoms with Crippen LogP contribution in [0.1, 0.15) is 44.0 Å². The monoisotopic (exact) mass is 323 g/mol. The third kappa shape index (κ3) is 4.54. The summed E-state index contributed by atoms with van der Waals surface area (Å²) >= 11 is 0. The lowest BCUT2D eigenvalue weighted by atomic mass is 9.86.